The lowest BCUT2D eigenvalue weighted by atomic mass is 10.0. The summed E-state index contributed by atoms with van der Waals surface area (Å²) in [4.78, 5) is 6.23. The van der Waals surface area contributed by atoms with Gasteiger partial charge in [0.1, 0.15) is 45.2 Å². The third kappa shape index (κ3) is 7.33. The number of aromatic nitrogens is 6. The fourth-order valence-corrected chi connectivity index (χ4v) is 5.89. The fraction of sp³-hybridized carbons (Fsp3) is 0.385. The summed E-state index contributed by atoms with van der Waals surface area (Å²) in [7, 11) is 0. The second kappa shape index (κ2) is 12.0. The van der Waals surface area contributed by atoms with Crippen LogP contribution in [-0.4, -0.2) is 41.9 Å². The Balaban J connectivity index is 1.88. The molecule has 0 N–H and O–H groups in total. The standard InChI is InChI=1S/C26H18F14N6S/c1-9-5-15(27)17(45-11(3)41-21(43-45)25(35,36)37)7-13(9)19(23(29,30)31)47-20(24(32,33)34)14-8-18(16(28)6-10(14)2)46-12(4)42-22(44-46)26(38,39)40/h5-8,19-20H,1-4H3. The Labute approximate surface area is 258 Å². The van der Waals surface area contributed by atoms with Crippen LogP contribution in [0.5, 0.6) is 0 Å². The summed E-state index contributed by atoms with van der Waals surface area (Å²) in [6.07, 6.45) is -21.3. The molecule has 2 unspecified atom stereocenters. The van der Waals surface area contributed by atoms with Crippen molar-refractivity contribution in [3.63, 3.8) is 0 Å². The van der Waals surface area contributed by atoms with Gasteiger partial charge in [0.25, 0.3) is 11.6 Å². The lowest BCUT2D eigenvalue weighted by Gasteiger charge is -2.29. The first-order chi connectivity index (χ1) is 21.3. The van der Waals surface area contributed by atoms with Crippen LogP contribution in [0.3, 0.4) is 0 Å². The largest absolute Gasteiger partial charge is 0.453 e. The molecule has 6 nitrogen and oxygen atoms in total. The Morgan fingerprint density at radius 2 is 0.872 bits per heavy atom. The van der Waals surface area contributed by atoms with Gasteiger partial charge in [0.15, 0.2) is 0 Å². The van der Waals surface area contributed by atoms with Crippen molar-refractivity contribution in [2.75, 3.05) is 0 Å². The van der Waals surface area contributed by atoms with Gasteiger partial charge < -0.3 is 0 Å². The van der Waals surface area contributed by atoms with Gasteiger partial charge in [0.05, 0.1) is 0 Å². The maximum atomic E-state index is 14.9. The topological polar surface area (TPSA) is 61.4 Å². The van der Waals surface area contributed by atoms with Crippen LogP contribution in [0.15, 0.2) is 24.3 Å². The second-order valence-corrected chi connectivity index (χ2v) is 11.3. The molecule has 2 heterocycles. The Morgan fingerprint density at radius 1 is 0.553 bits per heavy atom. The van der Waals surface area contributed by atoms with Gasteiger partial charge in [-0.25, -0.2) is 28.1 Å². The van der Waals surface area contributed by atoms with Crippen molar-refractivity contribution in [1.82, 2.24) is 29.5 Å². The minimum absolute atomic E-state index is 0.243. The number of hydrogen-bond donors (Lipinski definition) is 0. The Kier molecular flexibility index (Phi) is 9.14. The van der Waals surface area contributed by atoms with Crippen molar-refractivity contribution in [3.05, 3.63) is 81.5 Å². The minimum Gasteiger partial charge on any atom is -0.215 e. The molecular formula is C26H18F14N6S. The van der Waals surface area contributed by atoms with Crippen LogP contribution in [0.1, 0.15) is 56.1 Å². The normalized spacial score (nSPS) is 14.5. The van der Waals surface area contributed by atoms with Crippen molar-refractivity contribution in [1.29, 1.82) is 0 Å². The first kappa shape index (κ1) is 35.9. The van der Waals surface area contributed by atoms with E-state index in [2.05, 4.69) is 20.2 Å². The predicted molar refractivity (Wildman–Crippen MR) is 137 cm³/mol. The highest BCUT2D eigenvalue weighted by atomic mass is 32.2. The van der Waals surface area contributed by atoms with Gasteiger partial charge in [-0.3, -0.25) is 0 Å². The third-order valence-corrected chi connectivity index (χ3v) is 8.19. The number of hydrogen-bond acceptors (Lipinski definition) is 5. The molecule has 0 radical (unpaired) electrons. The van der Waals surface area contributed by atoms with E-state index in [0.717, 1.165) is 27.7 Å². The van der Waals surface area contributed by atoms with Crippen LogP contribution in [-0.2, 0) is 12.4 Å². The number of halogens is 14. The van der Waals surface area contributed by atoms with Crippen molar-refractivity contribution in [2.45, 2.75) is 62.9 Å². The molecule has 4 aromatic rings. The molecule has 0 fully saturated rings. The minimum atomic E-state index is -5.51. The van der Waals surface area contributed by atoms with Crippen LogP contribution in [0.4, 0.5) is 61.5 Å². The van der Waals surface area contributed by atoms with Crippen molar-refractivity contribution < 1.29 is 61.5 Å². The van der Waals surface area contributed by atoms with Gasteiger partial charge in [-0.1, -0.05) is 0 Å². The zero-order chi connectivity index (χ0) is 35.6. The molecule has 2 aromatic carbocycles. The summed E-state index contributed by atoms with van der Waals surface area (Å²) in [6.45, 7) is 3.71. The highest BCUT2D eigenvalue weighted by Crippen LogP contribution is 2.56. The predicted octanol–water partition coefficient (Wildman–Crippen LogP) is 9.04. The summed E-state index contributed by atoms with van der Waals surface area (Å²) >= 11 is -0.760. The van der Waals surface area contributed by atoms with Crippen LogP contribution in [0.2, 0.25) is 0 Å². The van der Waals surface area contributed by atoms with Gasteiger partial charge in [0, 0.05) is 0 Å². The highest BCUT2D eigenvalue weighted by Gasteiger charge is 2.51. The molecule has 0 aliphatic rings. The first-order valence-electron chi connectivity index (χ1n) is 12.7. The van der Waals surface area contributed by atoms with E-state index in [-0.39, 0.29) is 9.36 Å². The van der Waals surface area contributed by atoms with Gasteiger partial charge in [0.2, 0.25) is 0 Å². The summed E-state index contributed by atoms with van der Waals surface area (Å²) in [5.74, 6) is -7.48. The lowest BCUT2D eigenvalue weighted by Crippen LogP contribution is -2.26. The second-order valence-electron chi connectivity index (χ2n) is 10.1. The average molecular weight is 713 g/mol. The van der Waals surface area contributed by atoms with Gasteiger partial charge in [-0.15, -0.1) is 22.0 Å². The van der Waals surface area contributed by atoms with E-state index < -0.39 is 116 Å². The summed E-state index contributed by atoms with van der Waals surface area (Å²) in [5, 5.41) is -0.0797. The first-order valence-corrected chi connectivity index (χ1v) is 13.7. The summed E-state index contributed by atoms with van der Waals surface area (Å²) in [5.41, 5.74) is -5.01. The van der Waals surface area contributed by atoms with Crippen molar-refractivity contribution >= 4 is 11.8 Å². The monoisotopic (exact) mass is 712 g/mol. The van der Waals surface area contributed by atoms with E-state index in [9.17, 15) is 61.5 Å². The molecule has 2 atom stereocenters. The maximum absolute atomic E-state index is 14.9. The van der Waals surface area contributed by atoms with E-state index >= 15 is 0 Å². The molecule has 21 heteroatoms. The van der Waals surface area contributed by atoms with Crippen LogP contribution < -0.4 is 0 Å². The molecule has 256 valence electrons. The van der Waals surface area contributed by atoms with Gasteiger partial charge in [-0.05, 0) is 74.2 Å². The molecule has 4 rings (SSSR count). The van der Waals surface area contributed by atoms with Gasteiger partial charge in [-0.2, -0.15) is 52.7 Å². The lowest BCUT2D eigenvalue weighted by molar-refractivity contribution is -0.145. The molecule has 47 heavy (non-hydrogen) atoms. The Hall–Kier alpha value is -3.91. The molecule has 0 aliphatic heterocycles. The third-order valence-electron chi connectivity index (χ3n) is 6.60. The van der Waals surface area contributed by atoms with Crippen molar-refractivity contribution in [3.8, 4) is 11.4 Å². The smallest absolute Gasteiger partial charge is 0.215 e. The molecule has 0 saturated heterocycles. The molecule has 0 saturated carbocycles. The number of thioether (sulfide) groups is 1. The summed E-state index contributed by atoms with van der Waals surface area (Å²) in [6, 6.07) is 1.72. The SMILES string of the molecule is Cc1cc(F)c(-n2nc(C(F)(F)F)nc2C)cc1C(SC(c1cc(-n2nc(C(F)(F)F)nc2C)c(F)cc1C)C(F)(F)F)C(F)(F)F. The van der Waals surface area contributed by atoms with E-state index in [1.165, 1.54) is 0 Å². The van der Waals surface area contributed by atoms with Crippen LogP contribution >= 0.6 is 11.8 Å². The van der Waals surface area contributed by atoms with E-state index in [1.54, 1.807) is 0 Å². The fourth-order valence-electron chi connectivity index (χ4n) is 4.51. The number of rotatable bonds is 6. The Morgan fingerprint density at radius 3 is 1.13 bits per heavy atom. The van der Waals surface area contributed by atoms with Crippen molar-refractivity contribution in [2.24, 2.45) is 0 Å². The highest BCUT2D eigenvalue weighted by molar-refractivity contribution is 7.99. The molecular weight excluding hydrogens is 694 g/mol. The molecule has 0 bridgehead atoms. The van der Waals surface area contributed by atoms with Crippen LogP contribution in [0.25, 0.3) is 11.4 Å². The maximum Gasteiger partial charge on any atom is 0.453 e. The average Bonchev–Trinajstić information content (AvgIpc) is 3.47. The number of aryl methyl sites for hydroxylation is 4. The number of alkyl halides is 12. The Bertz CT molecular complexity index is 1670. The molecule has 0 amide bonds. The molecule has 0 aliphatic carbocycles. The number of benzene rings is 2. The van der Waals surface area contributed by atoms with E-state index in [4.69, 9.17) is 0 Å². The van der Waals surface area contributed by atoms with E-state index in [0.29, 0.717) is 24.3 Å². The molecule has 0 spiro atoms. The zero-order valence-electron chi connectivity index (χ0n) is 23.8. The summed E-state index contributed by atoms with van der Waals surface area (Å²) < 4.78 is 196. The number of nitrogens with zero attached hydrogens (tertiary/aromatic N) is 6. The quantitative estimate of drug-likeness (QED) is 0.187. The zero-order valence-corrected chi connectivity index (χ0v) is 24.7. The van der Waals surface area contributed by atoms with Crippen LogP contribution in [0, 0.1) is 39.3 Å². The van der Waals surface area contributed by atoms with E-state index in [1.807, 2.05) is 0 Å². The molecule has 2 aromatic heterocycles. The van der Waals surface area contributed by atoms with Gasteiger partial charge >= 0.3 is 24.7 Å².